The minimum Gasteiger partial charge on any atom is -0.381 e. The summed E-state index contributed by atoms with van der Waals surface area (Å²) in [6.07, 6.45) is 0.814. The molecule has 0 unspecified atom stereocenters. The van der Waals surface area contributed by atoms with E-state index in [9.17, 15) is 0 Å². The van der Waals surface area contributed by atoms with E-state index in [0.29, 0.717) is 24.3 Å². The molecule has 0 aliphatic carbocycles. The standard InChI is InChI=1S/C15H21Cl3O/c1-12(2)9-19-8-7-15(10-16,11-17)13-3-5-14(18)6-4-13/h3-6,12H,7-11H2,1-2H3. The predicted octanol–water partition coefficient (Wildman–Crippen LogP) is 5.12. The summed E-state index contributed by atoms with van der Waals surface area (Å²) in [7, 11) is 0. The lowest BCUT2D eigenvalue weighted by Gasteiger charge is -2.30. The van der Waals surface area contributed by atoms with Crippen molar-refractivity contribution in [2.75, 3.05) is 25.0 Å². The highest BCUT2D eigenvalue weighted by atomic mass is 35.5. The predicted molar refractivity (Wildman–Crippen MR) is 84.8 cm³/mol. The van der Waals surface area contributed by atoms with E-state index in [1.165, 1.54) is 0 Å². The van der Waals surface area contributed by atoms with Gasteiger partial charge in [0.2, 0.25) is 0 Å². The molecule has 19 heavy (non-hydrogen) atoms. The summed E-state index contributed by atoms with van der Waals surface area (Å²) in [6, 6.07) is 7.74. The van der Waals surface area contributed by atoms with Crippen LogP contribution in [0.1, 0.15) is 25.8 Å². The Morgan fingerprint density at radius 3 is 2.16 bits per heavy atom. The summed E-state index contributed by atoms with van der Waals surface area (Å²) in [6.45, 7) is 5.70. The molecule has 0 aromatic heterocycles. The third kappa shape index (κ3) is 5.15. The molecule has 0 N–H and O–H groups in total. The van der Waals surface area contributed by atoms with Crippen LogP contribution in [0.2, 0.25) is 5.02 Å². The van der Waals surface area contributed by atoms with Gasteiger partial charge in [0.25, 0.3) is 0 Å². The van der Waals surface area contributed by atoms with Crippen LogP contribution in [0.3, 0.4) is 0 Å². The van der Waals surface area contributed by atoms with Crippen molar-refractivity contribution in [2.45, 2.75) is 25.7 Å². The van der Waals surface area contributed by atoms with Crippen LogP contribution in [-0.2, 0) is 10.2 Å². The summed E-state index contributed by atoms with van der Waals surface area (Å²) in [5, 5.41) is 0.720. The Morgan fingerprint density at radius 1 is 1.11 bits per heavy atom. The van der Waals surface area contributed by atoms with Crippen LogP contribution in [0.15, 0.2) is 24.3 Å². The van der Waals surface area contributed by atoms with Crippen molar-refractivity contribution in [1.82, 2.24) is 0 Å². The second-order valence-electron chi connectivity index (χ2n) is 5.27. The first-order valence-corrected chi connectivity index (χ1v) is 7.94. The minimum atomic E-state index is -0.245. The molecule has 0 aliphatic rings. The summed E-state index contributed by atoms with van der Waals surface area (Å²) >= 11 is 18.3. The van der Waals surface area contributed by atoms with Gasteiger partial charge in [0.05, 0.1) is 0 Å². The van der Waals surface area contributed by atoms with Crippen molar-refractivity contribution in [1.29, 1.82) is 0 Å². The lowest BCUT2D eigenvalue weighted by Crippen LogP contribution is -2.32. The molecule has 1 nitrogen and oxygen atoms in total. The van der Waals surface area contributed by atoms with E-state index < -0.39 is 0 Å². The van der Waals surface area contributed by atoms with Gasteiger partial charge >= 0.3 is 0 Å². The van der Waals surface area contributed by atoms with E-state index in [0.717, 1.165) is 23.6 Å². The molecule has 1 aromatic carbocycles. The summed E-state index contributed by atoms with van der Waals surface area (Å²) < 4.78 is 5.66. The Labute approximate surface area is 131 Å². The molecule has 0 heterocycles. The highest BCUT2D eigenvalue weighted by Gasteiger charge is 2.30. The number of ether oxygens (including phenoxy) is 1. The zero-order chi connectivity index (χ0) is 14.3. The Kier molecular flexibility index (Phi) is 7.53. The highest BCUT2D eigenvalue weighted by Crippen LogP contribution is 2.32. The maximum atomic E-state index is 6.17. The van der Waals surface area contributed by atoms with E-state index in [-0.39, 0.29) is 5.41 Å². The van der Waals surface area contributed by atoms with Crippen LogP contribution in [0, 0.1) is 5.92 Å². The summed E-state index contributed by atoms with van der Waals surface area (Å²) in [4.78, 5) is 0. The third-order valence-corrected chi connectivity index (χ3v) is 4.42. The normalized spacial score (nSPS) is 12.1. The van der Waals surface area contributed by atoms with E-state index >= 15 is 0 Å². The molecule has 0 spiro atoms. The van der Waals surface area contributed by atoms with Crippen LogP contribution < -0.4 is 0 Å². The van der Waals surface area contributed by atoms with Gasteiger partial charge in [0.1, 0.15) is 0 Å². The van der Waals surface area contributed by atoms with Gasteiger partial charge in [-0.15, -0.1) is 23.2 Å². The van der Waals surface area contributed by atoms with Crippen LogP contribution in [0.4, 0.5) is 0 Å². The first-order valence-electron chi connectivity index (χ1n) is 6.50. The number of benzene rings is 1. The van der Waals surface area contributed by atoms with Gasteiger partial charge in [-0.2, -0.15) is 0 Å². The maximum absolute atomic E-state index is 6.17. The fourth-order valence-corrected chi connectivity index (χ4v) is 2.85. The van der Waals surface area contributed by atoms with E-state index in [1.54, 1.807) is 0 Å². The molecular formula is C15H21Cl3O. The number of hydrogen-bond donors (Lipinski definition) is 0. The maximum Gasteiger partial charge on any atom is 0.0488 e. The summed E-state index contributed by atoms with van der Waals surface area (Å²) in [5.41, 5.74) is 0.875. The molecule has 1 aromatic rings. The molecule has 0 amide bonds. The highest BCUT2D eigenvalue weighted by molar-refractivity contribution is 6.30. The zero-order valence-electron chi connectivity index (χ0n) is 11.5. The Balaban J connectivity index is 2.70. The average molecular weight is 324 g/mol. The number of hydrogen-bond acceptors (Lipinski definition) is 1. The molecule has 0 saturated heterocycles. The van der Waals surface area contributed by atoms with Crippen molar-refractivity contribution in [3.8, 4) is 0 Å². The van der Waals surface area contributed by atoms with Crippen molar-refractivity contribution in [2.24, 2.45) is 5.92 Å². The Morgan fingerprint density at radius 2 is 1.68 bits per heavy atom. The second-order valence-corrected chi connectivity index (χ2v) is 6.24. The van der Waals surface area contributed by atoms with Crippen LogP contribution >= 0.6 is 34.8 Å². The molecular weight excluding hydrogens is 303 g/mol. The fourth-order valence-electron chi connectivity index (χ4n) is 1.86. The van der Waals surface area contributed by atoms with E-state index in [4.69, 9.17) is 39.5 Å². The molecule has 0 radical (unpaired) electrons. The molecule has 0 aliphatic heterocycles. The molecule has 108 valence electrons. The number of alkyl halides is 2. The summed E-state index contributed by atoms with van der Waals surface area (Å²) in [5.74, 6) is 1.49. The van der Waals surface area contributed by atoms with Crippen molar-refractivity contribution in [3.05, 3.63) is 34.9 Å². The second kappa shape index (κ2) is 8.36. The van der Waals surface area contributed by atoms with Crippen molar-refractivity contribution < 1.29 is 4.74 Å². The SMILES string of the molecule is CC(C)COCCC(CCl)(CCl)c1ccc(Cl)cc1. The minimum absolute atomic E-state index is 0.245. The Hall–Kier alpha value is 0.0500. The van der Waals surface area contributed by atoms with Gasteiger partial charge in [-0.05, 0) is 30.0 Å². The van der Waals surface area contributed by atoms with Crippen LogP contribution in [0.5, 0.6) is 0 Å². The average Bonchev–Trinajstić information content (AvgIpc) is 2.41. The van der Waals surface area contributed by atoms with Crippen molar-refractivity contribution >= 4 is 34.8 Å². The molecule has 0 atom stereocenters. The van der Waals surface area contributed by atoms with Gasteiger partial charge in [0, 0.05) is 35.4 Å². The zero-order valence-corrected chi connectivity index (χ0v) is 13.7. The topological polar surface area (TPSA) is 9.23 Å². The third-order valence-electron chi connectivity index (χ3n) is 3.14. The molecule has 0 fully saturated rings. The number of rotatable bonds is 8. The fraction of sp³-hybridized carbons (Fsp3) is 0.600. The molecule has 1 rings (SSSR count). The smallest absolute Gasteiger partial charge is 0.0488 e. The van der Waals surface area contributed by atoms with Gasteiger partial charge in [-0.25, -0.2) is 0 Å². The lowest BCUT2D eigenvalue weighted by molar-refractivity contribution is 0.0970. The van der Waals surface area contributed by atoms with Gasteiger partial charge in [-0.3, -0.25) is 0 Å². The molecule has 0 saturated carbocycles. The lowest BCUT2D eigenvalue weighted by atomic mass is 9.81. The number of halogens is 3. The van der Waals surface area contributed by atoms with Crippen molar-refractivity contribution in [3.63, 3.8) is 0 Å². The van der Waals surface area contributed by atoms with E-state index in [2.05, 4.69) is 13.8 Å². The van der Waals surface area contributed by atoms with Crippen LogP contribution in [0.25, 0.3) is 0 Å². The van der Waals surface area contributed by atoms with E-state index in [1.807, 2.05) is 24.3 Å². The quantitative estimate of drug-likeness (QED) is 0.476. The molecule has 0 bridgehead atoms. The van der Waals surface area contributed by atoms with Gasteiger partial charge in [-0.1, -0.05) is 37.6 Å². The first-order chi connectivity index (χ1) is 9.04. The van der Waals surface area contributed by atoms with Crippen LogP contribution in [-0.4, -0.2) is 25.0 Å². The Bertz CT molecular complexity index is 358. The first kappa shape index (κ1) is 17.1. The van der Waals surface area contributed by atoms with Gasteiger partial charge < -0.3 is 4.74 Å². The molecule has 4 heteroatoms. The van der Waals surface area contributed by atoms with Gasteiger partial charge in [0.15, 0.2) is 0 Å². The largest absolute Gasteiger partial charge is 0.381 e. The monoisotopic (exact) mass is 322 g/mol.